The molecule has 0 amide bonds. The number of hydrogen-bond acceptors (Lipinski definition) is 3. The van der Waals surface area contributed by atoms with E-state index in [9.17, 15) is 13.5 Å². The van der Waals surface area contributed by atoms with Crippen molar-refractivity contribution in [2.45, 2.75) is 51.5 Å². The lowest BCUT2D eigenvalue weighted by atomic mass is 9.89. The zero-order chi connectivity index (χ0) is 15.4. The van der Waals surface area contributed by atoms with Crippen LogP contribution in [0.15, 0.2) is 29.2 Å². The van der Waals surface area contributed by atoms with Gasteiger partial charge in [-0.1, -0.05) is 39.8 Å². The van der Waals surface area contributed by atoms with Crippen LogP contribution in [0.25, 0.3) is 0 Å². The smallest absolute Gasteiger partial charge is 0.240 e. The van der Waals surface area contributed by atoms with Gasteiger partial charge in [-0.15, -0.1) is 0 Å². The average Bonchev–Trinajstić information content (AvgIpc) is 2.35. The summed E-state index contributed by atoms with van der Waals surface area (Å²) in [4.78, 5) is 0.234. The van der Waals surface area contributed by atoms with Gasteiger partial charge in [-0.3, -0.25) is 0 Å². The molecule has 1 atom stereocenters. The van der Waals surface area contributed by atoms with E-state index in [4.69, 9.17) is 0 Å². The van der Waals surface area contributed by atoms with Crippen molar-refractivity contribution in [3.8, 4) is 0 Å². The van der Waals surface area contributed by atoms with Gasteiger partial charge < -0.3 is 5.11 Å². The van der Waals surface area contributed by atoms with Gasteiger partial charge in [0.15, 0.2) is 0 Å². The summed E-state index contributed by atoms with van der Waals surface area (Å²) in [6.45, 7) is 8.08. The lowest BCUT2D eigenvalue weighted by Crippen LogP contribution is -2.34. The number of hydrogen-bond donors (Lipinski definition) is 2. The molecule has 1 rings (SSSR count). The van der Waals surface area contributed by atoms with E-state index in [0.717, 1.165) is 12.0 Å². The fourth-order valence-corrected chi connectivity index (χ4v) is 3.05. The van der Waals surface area contributed by atoms with Crippen molar-refractivity contribution in [3.63, 3.8) is 0 Å². The van der Waals surface area contributed by atoms with Crippen LogP contribution in [-0.2, 0) is 16.4 Å². The second kappa shape index (κ2) is 6.70. The van der Waals surface area contributed by atoms with Crippen molar-refractivity contribution in [1.29, 1.82) is 0 Å². The van der Waals surface area contributed by atoms with Crippen LogP contribution in [0, 0.1) is 5.41 Å². The topological polar surface area (TPSA) is 66.4 Å². The van der Waals surface area contributed by atoms with Crippen molar-refractivity contribution in [2.75, 3.05) is 6.54 Å². The predicted octanol–water partition coefficient (Wildman–Crippen LogP) is 2.32. The first-order chi connectivity index (χ1) is 9.14. The van der Waals surface area contributed by atoms with Crippen LogP contribution in [0.4, 0.5) is 0 Å². The Bertz CT molecular complexity index is 515. The summed E-state index contributed by atoms with van der Waals surface area (Å²) in [6, 6.07) is 6.80. The molecule has 5 heteroatoms. The molecule has 1 unspecified atom stereocenters. The summed E-state index contributed by atoms with van der Waals surface area (Å²) >= 11 is 0. The van der Waals surface area contributed by atoms with Crippen LogP contribution in [0.5, 0.6) is 0 Å². The highest BCUT2D eigenvalue weighted by molar-refractivity contribution is 7.89. The third-order valence-corrected chi connectivity index (χ3v) is 4.44. The minimum Gasteiger partial charge on any atom is -0.392 e. The summed E-state index contributed by atoms with van der Waals surface area (Å²) in [6.07, 6.45) is 0.738. The molecular formula is C15H25NO3S. The Morgan fingerprint density at radius 2 is 1.75 bits per heavy atom. The average molecular weight is 299 g/mol. The summed E-state index contributed by atoms with van der Waals surface area (Å²) in [7, 11) is -3.55. The second-order valence-corrected chi connectivity index (χ2v) is 8.03. The van der Waals surface area contributed by atoms with Crippen LogP contribution in [0.2, 0.25) is 0 Å². The van der Waals surface area contributed by atoms with Crippen molar-refractivity contribution in [2.24, 2.45) is 5.41 Å². The zero-order valence-corrected chi connectivity index (χ0v) is 13.5. The van der Waals surface area contributed by atoms with E-state index >= 15 is 0 Å². The largest absolute Gasteiger partial charge is 0.392 e. The van der Waals surface area contributed by atoms with Crippen LogP contribution in [-0.4, -0.2) is 26.2 Å². The van der Waals surface area contributed by atoms with Crippen molar-refractivity contribution in [1.82, 2.24) is 4.72 Å². The maximum Gasteiger partial charge on any atom is 0.240 e. The molecule has 0 heterocycles. The minimum atomic E-state index is -3.55. The molecular weight excluding hydrogens is 274 g/mol. The standard InChI is InChI=1S/C15H25NO3S/c1-5-12-6-8-14(9-7-12)20(18,19)16-11-13(17)10-15(2,3)4/h6-9,13,16-17H,5,10-11H2,1-4H3. The van der Waals surface area contributed by atoms with Gasteiger partial charge in [-0.05, 0) is 36.0 Å². The highest BCUT2D eigenvalue weighted by Crippen LogP contribution is 2.20. The summed E-state index contributed by atoms with van der Waals surface area (Å²) in [5.41, 5.74) is 1.06. The second-order valence-electron chi connectivity index (χ2n) is 6.27. The fourth-order valence-electron chi connectivity index (χ4n) is 1.97. The lowest BCUT2D eigenvalue weighted by Gasteiger charge is -2.22. The Balaban J connectivity index is 2.65. The zero-order valence-electron chi connectivity index (χ0n) is 12.7. The monoisotopic (exact) mass is 299 g/mol. The summed E-state index contributed by atoms with van der Waals surface area (Å²) in [5, 5.41) is 9.85. The van der Waals surface area contributed by atoms with Gasteiger partial charge >= 0.3 is 0 Å². The predicted molar refractivity (Wildman–Crippen MR) is 81.1 cm³/mol. The Morgan fingerprint density at radius 3 is 2.20 bits per heavy atom. The summed E-state index contributed by atoms with van der Waals surface area (Å²) < 4.78 is 26.6. The van der Waals surface area contributed by atoms with E-state index in [1.54, 1.807) is 24.3 Å². The molecule has 0 fully saturated rings. The molecule has 1 aromatic rings. The lowest BCUT2D eigenvalue weighted by molar-refractivity contribution is 0.125. The third-order valence-electron chi connectivity index (χ3n) is 3.00. The molecule has 0 spiro atoms. The first kappa shape index (κ1) is 17.1. The number of nitrogens with one attached hydrogen (secondary N) is 1. The molecule has 0 aliphatic heterocycles. The molecule has 2 N–H and O–H groups in total. The Kier molecular flexibility index (Phi) is 5.74. The normalized spacial score (nSPS) is 14.2. The SMILES string of the molecule is CCc1ccc(S(=O)(=O)NCC(O)CC(C)(C)C)cc1. The highest BCUT2D eigenvalue weighted by Gasteiger charge is 2.20. The van der Waals surface area contributed by atoms with Crippen molar-refractivity contribution in [3.05, 3.63) is 29.8 Å². The van der Waals surface area contributed by atoms with E-state index in [1.165, 1.54) is 0 Å². The molecule has 4 nitrogen and oxygen atoms in total. The van der Waals surface area contributed by atoms with Crippen LogP contribution >= 0.6 is 0 Å². The van der Waals surface area contributed by atoms with Gasteiger partial charge in [0.05, 0.1) is 11.0 Å². The Hall–Kier alpha value is -0.910. The molecule has 0 aromatic heterocycles. The summed E-state index contributed by atoms with van der Waals surface area (Å²) in [5.74, 6) is 0. The molecule has 1 aromatic carbocycles. The van der Waals surface area contributed by atoms with E-state index < -0.39 is 16.1 Å². The Morgan fingerprint density at radius 1 is 1.20 bits per heavy atom. The molecule has 0 saturated heterocycles. The molecule has 0 radical (unpaired) electrons. The molecule has 114 valence electrons. The molecule has 20 heavy (non-hydrogen) atoms. The number of aliphatic hydroxyl groups excluding tert-OH is 1. The van der Waals surface area contributed by atoms with E-state index in [1.807, 2.05) is 27.7 Å². The number of benzene rings is 1. The number of sulfonamides is 1. The van der Waals surface area contributed by atoms with Crippen molar-refractivity contribution >= 4 is 10.0 Å². The van der Waals surface area contributed by atoms with Crippen LogP contribution in [0.1, 0.15) is 39.7 Å². The van der Waals surface area contributed by atoms with E-state index in [-0.39, 0.29) is 16.9 Å². The van der Waals surface area contributed by atoms with Gasteiger partial charge in [-0.2, -0.15) is 0 Å². The van der Waals surface area contributed by atoms with E-state index in [0.29, 0.717) is 6.42 Å². The fraction of sp³-hybridized carbons (Fsp3) is 0.600. The maximum absolute atomic E-state index is 12.1. The van der Waals surface area contributed by atoms with Gasteiger partial charge in [0.25, 0.3) is 0 Å². The maximum atomic E-state index is 12.1. The van der Waals surface area contributed by atoms with Crippen LogP contribution < -0.4 is 4.72 Å². The first-order valence-corrected chi connectivity index (χ1v) is 8.39. The van der Waals surface area contributed by atoms with Gasteiger partial charge in [0.1, 0.15) is 0 Å². The van der Waals surface area contributed by atoms with Crippen LogP contribution in [0.3, 0.4) is 0 Å². The quantitative estimate of drug-likeness (QED) is 0.847. The van der Waals surface area contributed by atoms with Gasteiger partial charge in [0.2, 0.25) is 10.0 Å². The van der Waals surface area contributed by atoms with Gasteiger partial charge in [-0.25, -0.2) is 13.1 Å². The van der Waals surface area contributed by atoms with Gasteiger partial charge in [0, 0.05) is 6.54 Å². The highest BCUT2D eigenvalue weighted by atomic mass is 32.2. The third kappa shape index (κ3) is 5.61. The van der Waals surface area contributed by atoms with Crippen molar-refractivity contribution < 1.29 is 13.5 Å². The molecule has 0 aliphatic carbocycles. The minimum absolute atomic E-state index is 0.0341. The molecule has 0 aliphatic rings. The number of aryl methyl sites for hydroxylation is 1. The molecule has 0 saturated carbocycles. The Labute approximate surface area is 122 Å². The molecule has 0 bridgehead atoms. The number of aliphatic hydroxyl groups is 1. The first-order valence-electron chi connectivity index (χ1n) is 6.91. The number of rotatable bonds is 6. The van der Waals surface area contributed by atoms with E-state index in [2.05, 4.69) is 4.72 Å².